The molecule has 0 bridgehead atoms. The van der Waals surface area contributed by atoms with E-state index < -0.39 is 0 Å². The molecular formula is C11H20N2O3. The SMILES string of the molecule is CC(=O)[C@@H]1CCCC[C@@H]1C(=O)NCCNO. The van der Waals surface area contributed by atoms with Crippen LogP contribution >= 0.6 is 0 Å². The van der Waals surface area contributed by atoms with Gasteiger partial charge in [0.2, 0.25) is 5.91 Å². The summed E-state index contributed by atoms with van der Waals surface area (Å²) >= 11 is 0. The molecule has 0 aromatic heterocycles. The Morgan fingerprint density at radius 3 is 2.38 bits per heavy atom. The lowest BCUT2D eigenvalue weighted by atomic mass is 9.77. The molecule has 0 spiro atoms. The Hall–Kier alpha value is -0.940. The van der Waals surface area contributed by atoms with E-state index in [4.69, 9.17) is 5.21 Å². The number of rotatable bonds is 5. The number of hydrogen-bond acceptors (Lipinski definition) is 4. The fourth-order valence-electron chi connectivity index (χ4n) is 2.30. The molecule has 1 aliphatic rings. The number of carbonyl (C=O) groups excluding carboxylic acids is 2. The summed E-state index contributed by atoms with van der Waals surface area (Å²) in [6, 6.07) is 0. The van der Waals surface area contributed by atoms with Crippen LogP contribution in [0.2, 0.25) is 0 Å². The largest absolute Gasteiger partial charge is 0.354 e. The van der Waals surface area contributed by atoms with Gasteiger partial charge in [-0.15, -0.1) is 0 Å². The van der Waals surface area contributed by atoms with Gasteiger partial charge in [0.05, 0.1) is 0 Å². The third-order valence-electron chi connectivity index (χ3n) is 3.16. The summed E-state index contributed by atoms with van der Waals surface area (Å²) in [5.41, 5.74) is 1.98. The van der Waals surface area contributed by atoms with Gasteiger partial charge in [-0.2, -0.15) is 0 Å². The van der Waals surface area contributed by atoms with Crippen LogP contribution in [0.15, 0.2) is 0 Å². The van der Waals surface area contributed by atoms with E-state index in [0.29, 0.717) is 13.1 Å². The molecule has 1 fully saturated rings. The normalized spacial score (nSPS) is 25.1. The molecule has 0 aromatic rings. The molecule has 1 amide bonds. The third-order valence-corrected chi connectivity index (χ3v) is 3.16. The van der Waals surface area contributed by atoms with Crippen LogP contribution in [0.3, 0.4) is 0 Å². The fourth-order valence-corrected chi connectivity index (χ4v) is 2.30. The molecule has 0 unspecified atom stereocenters. The first-order chi connectivity index (χ1) is 7.66. The first-order valence-electron chi connectivity index (χ1n) is 5.82. The Morgan fingerprint density at radius 1 is 1.19 bits per heavy atom. The van der Waals surface area contributed by atoms with Crippen LogP contribution in [0.1, 0.15) is 32.6 Å². The van der Waals surface area contributed by atoms with Gasteiger partial charge in [-0.1, -0.05) is 12.8 Å². The van der Waals surface area contributed by atoms with Gasteiger partial charge in [-0.05, 0) is 19.8 Å². The van der Waals surface area contributed by atoms with E-state index in [1.807, 2.05) is 5.48 Å². The summed E-state index contributed by atoms with van der Waals surface area (Å²) in [6.07, 6.45) is 3.67. The molecule has 2 atom stereocenters. The van der Waals surface area contributed by atoms with Crippen LogP contribution in [-0.4, -0.2) is 30.0 Å². The second kappa shape index (κ2) is 6.60. The highest BCUT2D eigenvalue weighted by molar-refractivity contribution is 5.87. The first kappa shape index (κ1) is 13.1. The molecule has 0 heterocycles. The van der Waals surface area contributed by atoms with E-state index in [2.05, 4.69) is 5.32 Å². The van der Waals surface area contributed by atoms with E-state index in [9.17, 15) is 9.59 Å². The zero-order valence-corrected chi connectivity index (χ0v) is 9.66. The molecule has 16 heavy (non-hydrogen) atoms. The average Bonchev–Trinajstić information content (AvgIpc) is 2.29. The summed E-state index contributed by atoms with van der Waals surface area (Å²) in [5.74, 6) is -0.240. The summed E-state index contributed by atoms with van der Waals surface area (Å²) in [5, 5.41) is 11.1. The molecular weight excluding hydrogens is 208 g/mol. The smallest absolute Gasteiger partial charge is 0.223 e. The van der Waals surface area contributed by atoms with Gasteiger partial charge in [0.1, 0.15) is 5.78 Å². The maximum atomic E-state index is 11.8. The lowest BCUT2D eigenvalue weighted by molar-refractivity contribution is -0.134. The molecule has 0 saturated heterocycles. The van der Waals surface area contributed by atoms with E-state index >= 15 is 0 Å². The van der Waals surface area contributed by atoms with E-state index in [-0.39, 0.29) is 23.5 Å². The highest BCUT2D eigenvalue weighted by Gasteiger charge is 2.33. The molecule has 0 radical (unpaired) electrons. The number of hydrogen-bond donors (Lipinski definition) is 3. The molecule has 3 N–H and O–H groups in total. The number of ketones is 1. The van der Waals surface area contributed by atoms with Gasteiger partial charge >= 0.3 is 0 Å². The Balaban J connectivity index is 2.47. The van der Waals surface area contributed by atoms with Crippen molar-refractivity contribution in [3.05, 3.63) is 0 Å². The van der Waals surface area contributed by atoms with E-state index in [1.54, 1.807) is 6.92 Å². The molecule has 0 aliphatic heterocycles. The maximum absolute atomic E-state index is 11.8. The summed E-state index contributed by atoms with van der Waals surface area (Å²) in [4.78, 5) is 23.2. The highest BCUT2D eigenvalue weighted by atomic mass is 16.5. The van der Waals surface area contributed by atoms with Crippen LogP contribution in [0.4, 0.5) is 0 Å². The van der Waals surface area contributed by atoms with Gasteiger partial charge in [-0.25, -0.2) is 5.48 Å². The molecule has 1 saturated carbocycles. The number of amides is 1. The van der Waals surface area contributed by atoms with Gasteiger partial charge in [-0.3, -0.25) is 9.59 Å². The van der Waals surface area contributed by atoms with Gasteiger partial charge in [0, 0.05) is 24.9 Å². The van der Waals surface area contributed by atoms with Crippen LogP contribution in [-0.2, 0) is 9.59 Å². The van der Waals surface area contributed by atoms with Gasteiger partial charge in [0.15, 0.2) is 0 Å². The van der Waals surface area contributed by atoms with Crippen molar-refractivity contribution in [2.24, 2.45) is 11.8 Å². The number of hydroxylamine groups is 1. The maximum Gasteiger partial charge on any atom is 0.223 e. The van der Waals surface area contributed by atoms with Crippen molar-refractivity contribution < 1.29 is 14.8 Å². The standard InChI is InChI=1S/C11H20N2O3/c1-8(14)9-4-2-3-5-10(9)11(15)12-6-7-13-16/h9-10,13,16H,2-7H2,1H3,(H,12,15)/t9-,10-/m0/s1. The minimum Gasteiger partial charge on any atom is -0.354 e. The van der Waals surface area contributed by atoms with Crippen LogP contribution in [0.5, 0.6) is 0 Å². The number of Topliss-reactive ketones (excluding diaryl/α,β-unsaturated/α-hetero) is 1. The van der Waals surface area contributed by atoms with Crippen LogP contribution in [0.25, 0.3) is 0 Å². The molecule has 5 heteroatoms. The van der Waals surface area contributed by atoms with Crippen molar-refractivity contribution >= 4 is 11.7 Å². The lowest BCUT2D eigenvalue weighted by Gasteiger charge is -2.28. The Bertz CT molecular complexity index is 256. The molecule has 5 nitrogen and oxygen atoms in total. The Kier molecular flexibility index (Phi) is 5.42. The molecule has 1 aliphatic carbocycles. The van der Waals surface area contributed by atoms with Crippen molar-refractivity contribution in [3.63, 3.8) is 0 Å². The quantitative estimate of drug-likeness (QED) is 0.472. The Labute approximate surface area is 95.6 Å². The van der Waals surface area contributed by atoms with Crippen LogP contribution < -0.4 is 10.8 Å². The fraction of sp³-hybridized carbons (Fsp3) is 0.818. The van der Waals surface area contributed by atoms with Crippen molar-refractivity contribution in [3.8, 4) is 0 Å². The zero-order valence-electron chi connectivity index (χ0n) is 9.66. The minimum atomic E-state index is -0.176. The van der Waals surface area contributed by atoms with Crippen molar-refractivity contribution in [2.75, 3.05) is 13.1 Å². The summed E-state index contributed by atoms with van der Waals surface area (Å²) in [6.45, 7) is 2.27. The third kappa shape index (κ3) is 3.57. The second-order valence-corrected chi connectivity index (χ2v) is 4.31. The predicted molar refractivity (Wildman–Crippen MR) is 58.9 cm³/mol. The van der Waals surface area contributed by atoms with Crippen molar-refractivity contribution in [1.82, 2.24) is 10.8 Å². The Morgan fingerprint density at radius 2 is 1.81 bits per heavy atom. The molecule has 92 valence electrons. The predicted octanol–water partition coefficient (Wildman–Crippen LogP) is 0.477. The number of carbonyl (C=O) groups is 2. The first-order valence-corrected chi connectivity index (χ1v) is 5.82. The topological polar surface area (TPSA) is 78.4 Å². The summed E-state index contributed by atoms with van der Waals surface area (Å²) < 4.78 is 0. The lowest BCUT2D eigenvalue weighted by Crippen LogP contribution is -2.41. The average molecular weight is 228 g/mol. The van der Waals surface area contributed by atoms with Crippen LogP contribution in [0, 0.1) is 11.8 Å². The van der Waals surface area contributed by atoms with Gasteiger partial charge in [0.25, 0.3) is 0 Å². The molecule has 0 aromatic carbocycles. The minimum absolute atomic E-state index is 0.0600. The van der Waals surface area contributed by atoms with Gasteiger partial charge < -0.3 is 10.5 Å². The number of nitrogens with one attached hydrogen (secondary N) is 2. The van der Waals surface area contributed by atoms with Crippen molar-refractivity contribution in [2.45, 2.75) is 32.6 Å². The summed E-state index contributed by atoms with van der Waals surface area (Å²) in [7, 11) is 0. The van der Waals surface area contributed by atoms with E-state index in [0.717, 1.165) is 25.7 Å². The zero-order chi connectivity index (χ0) is 12.0. The highest BCUT2D eigenvalue weighted by Crippen LogP contribution is 2.30. The second-order valence-electron chi connectivity index (χ2n) is 4.31. The molecule has 1 rings (SSSR count). The van der Waals surface area contributed by atoms with Crippen molar-refractivity contribution in [1.29, 1.82) is 0 Å². The monoisotopic (exact) mass is 228 g/mol. The van der Waals surface area contributed by atoms with E-state index in [1.165, 1.54) is 0 Å².